The van der Waals surface area contributed by atoms with E-state index < -0.39 is 4.92 Å². The lowest BCUT2D eigenvalue weighted by atomic mass is 10.0. The van der Waals surface area contributed by atoms with Gasteiger partial charge in [0.15, 0.2) is 0 Å². The highest BCUT2D eigenvalue weighted by Crippen LogP contribution is 2.38. The highest BCUT2D eigenvalue weighted by molar-refractivity contribution is 9.10. The molecule has 0 atom stereocenters. The molecule has 17 heavy (non-hydrogen) atoms. The molecule has 0 spiro atoms. The molecule has 0 amide bonds. The number of hydrogen-bond acceptors (Lipinski definition) is 3. The van der Waals surface area contributed by atoms with E-state index in [0.717, 1.165) is 0 Å². The first kappa shape index (κ1) is 11.6. The molecule has 2 N–H and O–H groups in total. The quantitative estimate of drug-likeness (QED) is 0.522. The van der Waals surface area contributed by atoms with Crippen molar-refractivity contribution in [1.82, 2.24) is 0 Å². The lowest BCUT2D eigenvalue weighted by Crippen LogP contribution is -1.95. The van der Waals surface area contributed by atoms with E-state index in [-0.39, 0.29) is 5.69 Å². The van der Waals surface area contributed by atoms with Crippen LogP contribution >= 0.6 is 15.9 Å². The fourth-order valence-corrected chi connectivity index (χ4v) is 2.23. The third kappa shape index (κ3) is 2.14. The van der Waals surface area contributed by atoms with Gasteiger partial charge in [-0.2, -0.15) is 0 Å². The number of anilines is 1. The van der Waals surface area contributed by atoms with Crippen LogP contribution in [0.5, 0.6) is 0 Å². The molecule has 2 aromatic rings. The van der Waals surface area contributed by atoms with Gasteiger partial charge in [-0.1, -0.05) is 24.3 Å². The van der Waals surface area contributed by atoms with Gasteiger partial charge < -0.3 is 5.73 Å². The van der Waals surface area contributed by atoms with Crippen molar-refractivity contribution >= 4 is 27.3 Å². The van der Waals surface area contributed by atoms with E-state index in [4.69, 9.17) is 5.73 Å². The van der Waals surface area contributed by atoms with Crippen molar-refractivity contribution in [2.75, 3.05) is 5.73 Å². The van der Waals surface area contributed by atoms with Gasteiger partial charge in [0.2, 0.25) is 0 Å². The average Bonchev–Trinajstić information content (AvgIpc) is 2.30. The van der Waals surface area contributed by atoms with Crippen LogP contribution in [0.3, 0.4) is 0 Å². The number of benzene rings is 2. The number of nitrogens with two attached hydrogens (primary N) is 1. The van der Waals surface area contributed by atoms with Gasteiger partial charge in [0, 0.05) is 21.8 Å². The van der Waals surface area contributed by atoms with Crippen LogP contribution in [-0.4, -0.2) is 4.92 Å². The normalized spacial score (nSPS) is 10.2. The molecule has 4 nitrogen and oxygen atoms in total. The second kappa shape index (κ2) is 4.55. The molecule has 0 saturated carbocycles. The van der Waals surface area contributed by atoms with E-state index in [1.54, 1.807) is 36.4 Å². The number of para-hydroxylation sites is 1. The number of nitro benzene ring substituents is 1. The summed E-state index contributed by atoms with van der Waals surface area (Å²) in [6.45, 7) is 0. The zero-order valence-electron chi connectivity index (χ0n) is 8.76. The van der Waals surface area contributed by atoms with E-state index in [2.05, 4.69) is 15.9 Å². The van der Waals surface area contributed by atoms with Gasteiger partial charge in [0.1, 0.15) is 0 Å². The highest BCUT2D eigenvalue weighted by atomic mass is 79.9. The summed E-state index contributed by atoms with van der Waals surface area (Å²) in [7, 11) is 0. The first-order chi connectivity index (χ1) is 8.11. The Morgan fingerprint density at radius 3 is 2.47 bits per heavy atom. The minimum absolute atomic E-state index is 0.0391. The third-order valence-electron chi connectivity index (χ3n) is 2.42. The Balaban J connectivity index is 2.75. The van der Waals surface area contributed by atoms with Crippen molar-refractivity contribution in [2.45, 2.75) is 0 Å². The van der Waals surface area contributed by atoms with Gasteiger partial charge >= 0.3 is 0 Å². The molecule has 2 aromatic carbocycles. The lowest BCUT2D eigenvalue weighted by Gasteiger charge is -2.08. The largest absolute Gasteiger partial charge is 0.398 e. The van der Waals surface area contributed by atoms with Crippen LogP contribution in [0.4, 0.5) is 11.4 Å². The monoisotopic (exact) mass is 292 g/mol. The Kier molecular flexibility index (Phi) is 3.10. The molecule has 5 heteroatoms. The van der Waals surface area contributed by atoms with Crippen LogP contribution in [0.15, 0.2) is 46.9 Å². The number of nitrogens with zero attached hydrogens (tertiary/aromatic N) is 1. The fourth-order valence-electron chi connectivity index (χ4n) is 1.66. The van der Waals surface area contributed by atoms with Crippen molar-refractivity contribution in [3.8, 4) is 11.1 Å². The Morgan fingerprint density at radius 2 is 1.82 bits per heavy atom. The van der Waals surface area contributed by atoms with Gasteiger partial charge in [0.25, 0.3) is 5.69 Å². The molecule has 0 heterocycles. The van der Waals surface area contributed by atoms with Gasteiger partial charge in [-0.05, 0) is 28.1 Å². The van der Waals surface area contributed by atoms with E-state index in [9.17, 15) is 10.1 Å². The van der Waals surface area contributed by atoms with Gasteiger partial charge in [0.05, 0.1) is 10.5 Å². The fraction of sp³-hybridized carbons (Fsp3) is 0. The zero-order valence-corrected chi connectivity index (χ0v) is 10.3. The average molecular weight is 293 g/mol. The standard InChI is InChI=1S/C12H9BrN2O2/c13-9-5-3-7-11(15(16)17)12(9)8-4-1-2-6-10(8)14/h1-7H,14H2. The van der Waals surface area contributed by atoms with Gasteiger partial charge in [-0.25, -0.2) is 0 Å². The van der Waals surface area contributed by atoms with Crippen molar-refractivity contribution in [3.05, 3.63) is 57.1 Å². The summed E-state index contributed by atoms with van der Waals surface area (Å²) in [5, 5.41) is 11.0. The summed E-state index contributed by atoms with van der Waals surface area (Å²) in [5.74, 6) is 0. The topological polar surface area (TPSA) is 69.2 Å². The molecular weight excluding hydrogens is 284 g/mol. The SMILES string of the molecule is Nc1ccccc1-c1c(Br)cccc1[N+](=O)[O-]. The number of nitrogen functional groups attached to an aromatic ring is 1. The Bertz CT molecular complexity index is 584. The molecule has 0 saturated heterocycles. The van der Waals surface area contributed by atoms with E-state index in [1.807, 2.05) is 0 Å². The minimum atomic E-state index is -0.410. The van der Waals surface area contributed by atoms with Crippen molar-refractivity contribution in [2.24, 2.45) is 0 Å². The lowest BCUT2D eigenvalue weighted by molar-refractivity contribution is -0.384. The Morgan fingerprint density at radius 1 is 1.12 bits per heavy atom. The number of nitro groups is 1. The molecule has 0 fully saturated rings. The summed E-state index contributed by atoms with van der Waals surface area (Å²) in [6, 6.07) is 11.9. The Hall–Kier alpha value is -1.88. The van der Waals surface area contributed by atoms with Crippen LogP contribution in [0.25, 0.3) is 11.1 Å². The smallest absolute Gasteiger partial charge is 0.278 e. The first-order valence-corrected chi connectivity index (χ1v) is 5.68. The second-order valence-corrected chi connectivity index (χ2v) is 4.33. The number of rotatable bonds is 2. The maximum absolute atomic E-state index is 11.0. The van der Waals surface area contributed by atoms with Crippen molar-refractivity contribution in [3.63, 3.8) is 0 Å². The molecule has 0 bridgehead atoms. The summed E-state index contributed by atoms with van der Waals surface area (Å²) in [6.07, 6.45) is 0. The van der Waals surface area contributed by atoms with Gasteiger partial charge in [-0.15, -0.1) is 0 Å². The molecule has 0 aliphatic heterocycles. The van der Waals surface area contributed by atoms with Gasteiger partial charge in [-0.3, -0.25) is 10.1 Å². The molecule has 2 rings (SSSR count). The number of hydrogen-bond donors (Lipinski definition) is 1. The predicted octanol–water partition coefficient (Wildman–Crippen LogP) is 3.61. The molecule has 0 unspecified atom stereocenters. The maximum atomic E-state index is 11.0. The van der Waals surface area contributed by atoms with Crippen LogP contribution < -0.4 is 5.73 Å². The maximum Gasteiger partial charge on any atom is 0.278 e. The van der Waals surface area contributed by atoms with E-state index in [1.165, 1.54) is 6.07 Å². The zero-order chi connectivity index (χ0) is 12.4. The third-order valence-corrected chi connectivity index (χ3v) is 3.08. The van der Waals surface area contributed by atoms with Crippen LogP contribution in [0, 0.1) is 10.1 Å². The molecular formula is C12H9BrN2O2. The molecule has 86 valence electrons. The number of halogens is 1. The van der Waals surface area contributed by atoms with E-state index >= 15 is 0 Å². The Labute approximate surface area is 106 Å². The van der Waals surface area contributed by atoms with Crippen molar-refractivity contribution < 1.29 is 4.92 Å². The molecule has 0 radical (unpaired) electrons. The van der Waals surface area contributed by atoms with Crippen LogP contribution in [0.1, 0.15) is 0 Å². The first-order valence-electron chi connectivity index (χ1n) is 4.89. The van der Waals surface area contributed by atoms with Crippen LogP contribution in [0.2, 0.25) is 0 Å². The minimum Gasteiger partial charge on any atom is -0.398 e. The predicted molar refractivity (Wildman–Crippen MR) is 70.6 cm³/mol. The summed E-state index contributed by atoms with van der Waals surface area (Å²) in [5.41, 5.74) is 7.57. The van der Waals surface area contributed by atoms with Crippen LogP contribution in [-0.2, 0) is 0 Å². The molecule has 0 aromatic heterocycles. The summed E-state index contributed by atoms with van der Waals surface area (Å²) in [4.78, 5) is 10.6. The highest BCUT2D eigenvalue weighted by Gasteiger charge is 2.19. The van der Waals surface area contributed by atoms with Crippen molar-refractivity contribution in [1.29, 1.82) is 0 Å². The molecule has 0 aliphatic rings. The summed E-state index contributed by atoms with van der Waals surface area (Å²) >= 11 is 3.33. The second-order valence-electron chi connectivity index (χ2n) is 3.48. The molecule has 0 aliphatic carbocycles. The summed E-state index contributed by atoms with van der Waals surface area (Å²) < 4.78 is 0.657. The van der Waals surface area contributed by atoms with E-state index in [0.29, 0.717) is 21.3 Å².